The summed E-state index contributed by atoms with van der Waals surface area (Å²) in [6.45, 7) is 2.27. The number of alkyl halides is 4. The van der Waals surface area contributed by atoms with Crippen molar-refractivity contribution in [1.29, 1.82) is 0 Å². The Morgan fingerprint density at radius 1 is 1.09 bits per heavy atom. The molecule has 0 aliphatic carbocycles. The zero-order valence-corrected chi connectivity index (χ0v) is 15.0. The molecule has 0 amide bonds. The molecule has 0 nitrogen and oxygen atoms in total. The number of hydrogen-bond acceptors (Lipinski definition) is 0. The molecule has 0 saturated heterocycles. The van der Waals surface area contributed by atoms with Gasteiger partial charge in [0, 0.05) is 16.2 Å². The SMILES string of the molecule is CCCC(I)C(I)C(I)CI. The summed E-state index contributed by atoms with van der Waals surface area (Å²) in [5, 5.41) is 0. The molecule has 0 aromatic carbocycles. The summed E-state index contributed by atoms with van der Waals surface area (Å²) in [5.41, 5.74) is 0. The van der Waals surface area contributed by atoms with Crippen molar-refractivity contribution >= 4 is 90.4 Å². The van der Waals surface area contributed by atoms with Crippen molar-refractivity contribution in [2.45, 2.75) is 31.5 Å². The molecule has 0 aliphatic heterocycles. The molecule has 3 atom stereocenters. The monoisotopic (exact) mass is 604 g/mol. The van der Waals surface area contributed by atoms with Crippen molar-refractivity contribution in [3.63, 3.8) is 0 Å². The van der Waals surface area contributed by atoms with E-state index in [1.54, 1.807) is 0 Å². The molecule has 0 radical (unpaired) electrons. The summed E-state index contributed by atoms with van der Waals surface area (Å²) in [6, 6.07) is 0. The molecule has 68 valence electrons. The summed E-state index contributed by atoms with van der Waals surface area (Å²) < 4.78 is 3.80. The second kappa shape index (κ2) is 8.25. The van der Waals surface area contributed by atoms with E-state index in [4.69, 9.17) is 0 Å². The molecule has 0 spiro atoms. The van der Waals surface area contributed by atoms with Crippen LogP contribution >= 0.6 is 90.4 Å². The van der Waals surface area contributed by atoms with E-state index in [2.05, 4.69) is 97.3 Å². The third-order valence-electron chi connectivity index (χ3n) is 1.40. The van der Waals surface area contributed by atoms with Gasteiger partial charge in [0.1, 0.15) is 0 Å². The molecule has 0 heterocycles. The van der Waals surface area contributed by atoms with Crippen LogP contribution in [0.25, 0.3) is 0 Å². The lowest BCUT2D eigenvalue weighted by atomic mass is 10.2. The molecule has 0 fully saturated rings. The van der Waals surface area contributed by atoms with Gasteiger partial charge >= 0.3 is 0 Å². The summed E-state index contributed by atoms with van der Waals surface area (Å²) in [7, 11) is 0. The Bertz CT molecular complexity index is 96.4. The zero-order valence-electron chi connectivity index (χ0n) is 6.37. The smallest absolute Gasteiger partial charge is 0.0353 e. The summed E-state index contributed by atoms with van der Waals surface area (Å²) >= 11 is 10.2. The lowest BCUT2D eigenvalue weighted by molar-refractivity contribution is 0.742. The summed E-state index contributed by atoms with van der Waals surface area (Å²) in [6.07, 6.45) is 2.68. The van der Waals surface area contributed by atoms with Gasteiger partial charge in [-0.15, -0.1) is 0 Å². The molecule has 0 saturated carbocycles. The van der Waals surface area contributed by atoms with E-state index in [9.17, 15) is 0 Å². The lowest BCUT2D eigenvalue weighted by Gasteiger charge is -2.19. The maximum Gasteiger partial charge on any atom is 0.0353 e. The van der Waals surface area contributed by atoms with E-state index in [1.165, 1.54) is 17.3 Å². The van der Waals surface area contributed by atoms with Gasteiger partial charge < -0.3 is 0 Å². The Labute approximate surface area is 124 Å². The van der Waals surface area contributed by atoms with Gasteiger partial charge in [0.15, 0.2) is 0 Å². The van der Waals surface area contributed by atoms with Gasteiger partial charge in [-0.05, 0) is 6.42 Å². The number of hydrogen-bond donors (Lipinski definition) is 0. The predicted molar refractivity (Wildman–Crippen MR) is 87.2 cm³/mol. The quantitative estimate of drug-likeness (QED) is 0.318. The van der Waals surface area contributed by atoms with Crippen LogP contribution in [0.15, 0.2) is 0 Å². The van der Waals surface area contributed by atoms with Gasteiger partial charge in [-0.3, -0.25) is 0 Å². The molecule has 0 rings (SSSR count). The number of halogens is 4. The molecular formula is C7H12I4. The first kappa shape index (κ1) is 13.9. The molecule has 0 aromatic heterocycles. The standard InChI is InChI=1S/C7H12I4/c1-2-3-5(9)7(11)6(10)4-8/h5-7H,2-4H2,1H3. The van der Waals surface area contributed by atoms with Gasteiger partial charge in [0.05, 0.1) is 0 Å². The maximum atomic E-state index is 2.60. The Kier molecular flexibility index (Phi) is 10.4. The topological polar surface area (TPSA) is 0 Å². The van der Waals surface area contributed by atoms with Gasteiger partial charge in [0.2, 0.25) is 0 Å². The van der Waals surface area contributed by atoms with Crippen molar-refractivity contribution < 1.29 is 0 Å². The molecule has 0 bridgehead atoms. The zero-order chi connectivity index (χ0) is 8.85. The second-order valence-electron chi connectivity index (χ2n) is 2.42. The van der Waals surface area contributed by atoms with Crippen LogP contribution in [0.4, 0.5) is 0 Å². The fourth-order valence-corrected chi connectivity index (χ4v) is 5.30. The Balaban J connectivity index is 3.70. The van der Waals surface area contributed by atoms with Gasteiger partial charge in [0.25, 0.3) is 0 Å². The predicted octanol–water partition coefficient (Wildman–Crippen LogP) is 4.63. The highest BCUT2D eigenvalue weighted by molar-refractivity contribution is 14.1. The van der Waals surface area contributed by atoms with Crippen LogP contribution in [-0.4, -0.2) is 16.2 Å². The van der Waals surface area contributed by atoms with Crippen molar-refractivity contribution in [1.82, 2.24) is 0 Å². The van der Waals surface area contributed by atoms with E-state index in [0.717, 1.165) is 11.8 Å². The number of rotatable bonds is 5. The van der Waals surface area contributed by atoms with Gasteiger partial charge in [-0.25, -0.2) is 0 Å². The Morgan fingerprint density at radius 3 is 2.00 bits per heavy atom. The maximum absolute atomic E-state index is 2.60. The van der Waals surface area contributed by atoms with E-state index in [-0.39, 0.29) is 0 Å². The average Bonchev–Trinajstić information content (AvgIpc) is 2.02. The average molecular weight is 604 g/mol. The van der Waals surface area contributed by atoms with E-state index in [0.29, 0.717) is 0 Å². The summed E-state index contributed by atoms with van der Waals surface area (Å²) in [5.74, 6) is 0. The largest absolute Gasteiger partial charge is 0.0852 e. The first-order valence-corrected chi connectivity index (χ1v) is 8.87. The van der Waals surface area contributed by atoms with Crippen LogP contribution in [0.5, 0.6) is 0 Å². The van der Waals surface area contributed by atoms with Crippen molar-refractivity contribution in [3.8, 4) is 0 Å². The third-order valence-corrected chi connectivity index (χ3v) is 11.1. The molecule has 3 unspecified atom stereocenters. The van der Waals surface area contributed by atoms with E-state index in [1.807, 2.05) is 0 Å². The summed E-state index contributed by atoms with van der Waals surface area (Å²) in [4.78, 5) is 0. The third kappa shape index (κ3) is 6.08. The van der Waals surface area contributed by atoms with Crippen LogP contribution in [0.3, 0.4) is 0 Å². The molecule has 0 N–H and O–H groups in total. The molecular weight excluding hydrogens is 592 g/mol. The van der Waals surface area contributed by atoms with Crippen LogP contribution in [-0.2, 0) is 0 Å². The minimum atomic E-state index is 0.835. The Morgan fingerprint density at radius 2 is 1.64 bits per heavy atom. The minimum absolute atomic E-state index is 0.835. The fraction of sp³-hybridized carbons (Fsp3) is 1.00. The first-order chi connectivity index (χ1) is 5.13. The van der Waals surface area contributed by atoms with Gasteiger partial charge in [-0.2, -0.15) is 0 Å². The van der Waals surface area contributed by atoms with E-state index < -0.39 is 0 Å². The fourth-order valence-electron chi connectivity index (χ4n) is 0.747. The molecule has 0 aromatic rings. The van der Waals surface area contributed by atoms with Crippen molar-refractivity contribution in [3.05, 3.63) is 0 Å². The van der Waals surface area contributed by atoms with E-state index >= 15 is 0 Å². The second-order valence-corrected chi connectivity index (χ2v) is 7.94. The van der Waals surface area contributed by atoms with Gasteiger partial charge in [-0.1, -0.05) is 104 Å². The van der Waals surface area contributed by atoms with Crippen LogP contribution in [0.2, 0.25) is 0 Å². The Hall–Kier alpha value is 2.92. The molecule has 4 heteroatoms. The highest BCUT2D eigenvalue weighted by Gasteiger charge is 2.21. The first-order valence-electron chi connectivity index (χ1n) is 3.61. The molecule has 11 heavy (non-hydrogen) atoms. The highest BCUT2D eigenvalue weighted by atomic mass is 127. The highest BCUT2D eigenvalue weighted by Crippen LogP contribution is 2.28. The minimum Gasteiger partial charge on any atom is -0.0852 e. The van der Waals surface area contributed by atoms with Crippen LogP contribution in [0, 0.1) is 0 Å². The van der Waals surface area contributed by atoms with Crippen molar-refractivity contribution in [2.24, 2.45) is 0 Å². The van der Waals surface area contributed by atoms with Crippen molar-refractivity contribution in [2.75, 3.05) is 4.43 Å². The lowest BCUT2D eigenvalue weighted by Crippen LogP contribution is -2.24. The van der Waals surface area contributed by atoms with Crippen LogP contribution in [0.1, 0.15) is 19.8 Å². The van der Waals surface area contributed by atoms with Crippen LogP contribution < -0.4 is 0 Å². The normalized spacial score (nSPS) is 19.4. The molecule has 0 aliphatic rings.